The van der Waals surface area contributed by atoms with Gasteiger partial charge in [-0.15, -0.1) is 0 Å². The number of amides is 1. The SMILES string of the molecule is O=C(c1cc(F)cc(F)c1)N1CCCC(c2nc(Oc3cccc(F)c3)no2)C1. The van der Waals surface area contributed by atoms with Crippen molar-refractivity contribution in [1.82, 2.24) is 15.0 Å². The largest absolute Gasteiger partial charge is 0.422 e. The second-order valence-electron chi connectivity index (χ2n) is 6.72. The van der Waals surface area contributed by atoms with Gasteiger partial charge in [0.15, 0.2) is 0 Å². The van der Waals surface area contributed by atoms with Gasteiger partial charge in [0.05, 0.1) is 5.92 Å². The number of aromatic nitrogens is 2. The summed E-state index contributed by atoms with van der Waals surface area (Å²) in [5.41, 5.74) is -0.0520. The van der Waals surface area contributed by atoms with E-state index in [1.165, 1.54) is 23.1 Å². The van der Waals surface area contributed by atoms with E-state index in [1.54, 1.807) is 6.07 Å². The molecule has 1 atom stereocenters. The zero-order valence-corrected chi connectivity index (χ0v) is 15.1. The summed E-state index contributed by atoms with van der Waals surface area (Å²) in [6, 6.07) is 8.18. The first-order valence-corrected chi connectivity index (χ1v) is 9.00. The first-order chi connectivity index (χ1) is 14.0. The van der Waals surface area contributed by atoms with E-state index in [0.29, 0.717) is 25.5 Å². The molecule has 1 aliphatic heterocycles. The fourth-order valence-corrected chi connectivity index (χ4v) is 3.29. The lowest BCUT2D eigenvalue weighted by molar-refractivity contribution is 0.0694. The van der Waals surface area contributed by atoms with E-state index in [0.717, 1.165) is 12.1 Å². The number of hydrogen-bond donors (Lipinski definition) is 0. The van der Waals surface area contributed by atoms with Crippen molar-refractivity contribution in [2.45, 2.75) is 18.8 Å². The number of benzene rings is 2. The fourth-order valence-electron chi connectivity index (χ4n) is 3.29. The maximum absolute atomic E-state index is 13.4. The van der Waals surface area contributed by atoms with Crippen molar-refractivity contribution in [2.24, 2.45) is 0 Å². The topological polar surface area (TPSA) is 68.5 Å². The van der Waals surface area contributed by atoms with E-state index in [-0.39, 0.29) is 35.7 Å². The van der Waals surface area contributed by atoms with Crippen molar-refractivity contribution in [2.75, 3.05) is 13.1 Å². The fraction of sp³-hybridized carbons (Fsp3) is 0.250. The summed E-state index contributed by atoms with van der Waals surface area (Å²) in [6.45, 7) is 0.715. The van der Waals surface area contributed by atoms with Gasteiger partial charge < -0.3 is 14.2 Å². The molecule has 0 spiro atoms. The van der Waals surface area contributed by atoms with Gasteiger partial charge in [-0.3, -0.25) is 4.79 Å². The molecule has 0 radical (unpaired) electrons. The summed E-state index contributed by atoms with van der Waals surface area (Å²) in [6.07, 6.45) is 1.36. The molecule has 0 saturated carbocycles. The second-order valence-corrected chi connectivity index (χ2v) is 6.72. The molecule has 0 aliphatic carbocycles. The maximum Gasteiger partial charge on any atom is 0.359 e. The summed E-state index contributed by atoms with van der Waals surface area (Å²) >= 11 is 0. The van der Waals surface area contributed by atoms with Gasteiger partial charge in [0.2, 0.25) is 5.89 Å². The van der Waals surface area contributed by atoms with Gasteiger partial charge in [0, 0.05) is 30.8 Å². The lowest BCUT2D eigenvalue weighted by atomic mass is 9.97. The van der Waals surface area contributed by atoms with Crippen LogP contribution < -0.4 is 4.74 Å². The predicted octanol–water partition coefficient (Wildman–Crippen LogP) is 4.30. The summed E-state index contributed by atoms with van der Waals surface area (Å²) in [7, 11) is 0. The average Bonchev–Trinajstić information content (AvgIpc) is 3.15. The molecular formula is C20H16F3N3O3. The Balaban J connectivity index is 1.46. The second kappa shape index (κ2) is 7.94. The molecule has 6 nitrogen and oxygen atoms in total. The Bertz CT molecular complexity index is 1020. The molecule has 3 aromatic rings. The standard InChI is InChI=1S/C20H16F3N3O3/c21-14-4-1-5-17(10-14)28-20-24-18(29-25-20)12-3-2-6-26(11-12)19(27)13-7-15(22)9-16(23)8-13/h1,4-5,7-10,12H,2-3,6,11H2. The average molecular weight is 403 g/mol. The van der Waals surface area contributed by atoms with Gasteiger partial charge in [-0.05, 0) is 42.3 Å². The van der Waals surface area contributed by atoms with Gasteiger partial charge in [-0.2, -0.15) is 4.98 Å². The Kier molecular flexibility index (Phi) is 5.20. The Morgan fingerprint density at radius 3 is 2.66 bits per heavy atom. The van der Waals surface area contributed by atoms with Crippen LogP contribution in [0.25, 0.3) is 0 Å². The summed E-state index contributed by atoms with van der Waals surface area (Å²) < 4.78 is 50.7. The van der Waals surface area contributed by atoms with Gasteiger partial charge in [0.1, 0.15) is 23.2 Å². The number of rotatable bonds is 4. The molecule has 0 N–H and O–H groups in total. The number of ether oxygens (including phenoxy) is 1. The molecule has 9 heteroatoms. The molecule has 0 bridgehead atoms. The first kappa shape index (κ1) is 19.0. The number of piperidine rings is 1. The van der Waals surface area contributed by atoms with Crippen molar-refractivity contribution < 1.29 is 27.2 Å². The van der Waals surface area contributed by atoms with Crippen LogP contribution in [0.1, 0.15) is 35.0 Å². The summed E-state index contributed by atoms with van der Waals surface area (Å²) in [5, 5.41) is 3.73. The molecular weight excluding hydrogens is 387 g/mol. The lowest BCUT2D eigenvalue weighted by Crippen LogP contribution is -2.39. The van der Waals surface area contributed by atoms with E-state index in [1.807, 2.05) is 0 Å². The number of carbonyl (C=O) groups is 1. The Morgan fingerprint density at radius 2 is 1.90 bits per heavy atom. The van der Waals surface area contributed by atoms with E-state index >= 15 is 0 Å². The van der Waals surface area contributed by atoms with Crippen LogP contribution in [0.2, 0.25) is 0 Å². The molecule has 1 fully saturated rings. The van der Waals surface area contributed by atoms with Crippen molar-refractivity contribution in [3.8, 4) is 11.8 Å². The maximum atomic E-state index is 13.4. The van der Waals surface area contributed by atoms with Gasteiger partial charge in [-0.25, -0.2) is 13.2 Å². The van der Waals surface area contributed by atoms with E-state index in [2.05, 4.69) is 10.1 Å². The smallest absolute Gasteiger partial charge is 0.359 e. The molecule has 1 aromatic heterocycles. The minimum absolute atomic E-state index is 0.0520. The van der Waals surface area contributed by atoms with Crippen LogP contribution in [0.15, 0.2) is 47.0 Å². The number of carbonyl (C=O) groups excluding carboxylic acids is 1. The molecule has 150 valence electrons. The highest BCUT2D eigenvalue weighted by Crippen LogP contribution is 2.29. The van der Waals surface area contributed by atoms with Crippen LogP contribution in [0, 0.1) is 17.5 Å². The highest BCUT2D eigenvalue weighted by Gasteiger charge is 2.29. The quantitative estimate of drug-likeness (QED) is 0.650. The number of likely N-dealkylation sites (tertiary alicyclic amines) is 1. The highest BCUT2D eigenvalue weighted by molar-refractivity contribution is 5.94. The van der Waals surface area contributed by atoms with Gasteiger partial charge >= 0.3 is 6.01 Å². The lowest BCUT2D eigenvalue weighted by Gasteiger charge is -2.31. The Labute approximate surface area is 163 Å². The molecule has 1 unspecified atom stereocenters. The van der Waals surface area contributed by atoms with Crippen LogP contribution in [-0.4, -0.2) is 34.0 Å². The highest BCUT2D eigenvalue weighted by atomic mass is 19.1. The molecule has 2 aromatic carbocycles. The molecule has 1 amide bonds. The van der Waals surface area contributed by atoms with Crippen LogP contribution >= 0.6 is 0 Å². The molecule has 1 aliphatic rings. The van der Waals surface area contributed by atoms with E-state index in [4.69, 9.17) is 9.26 Å². The van der Waals surface area contributed by atoms with E-state index in [9.17, 15) is 18.0 Å². The van der Waals surface area contributed by atoms with Crippen molar-refractivity contribution >= 4 is 5.91 Å². The van der Waals surface area contributed by atoms with Crippen molar-refractivity contribution in [3.05, 3.63) is 71.4 Å². The zero-order chi connectivity index (χ0) is 20.4. The first-order valence-electron chi connectivity index (χ1n) is 9.00. The number of hydrogen-bond acceptors (Lipinski definition) is 5. The normalized spacial score (nSPS) is 16.7. The van der Waals surface area contributed by atoms with Crippen LogP contribution in [0.3, 0.4) is 0 Å². The monoisotopic (exact) mass is 403 g/mol. The molecule has 4 rings (SSSR count). The van der Waals surface area contributed by atoms with Gasteiger partial charge in [-0.1, -0.05) is 6.07 Å². The third kappa shape index (κ3) is 4.39. The third-order valence-corrected chi connectivity index (χ3v) is 4.60. The van der Waals surface area contributed by atoms with Crippen molar-refractivity contribution in [3.63, 3.8) is 0 Å². The molecule has 29 heavy (non-hydrogen) atoms. The molecule has 1 saturated heterocycles. The van der Waals surface area contributed by atoms with Crippen LogP contribution in [0.4, 0.5) is 13.2 Å². The molecule has 2 heterocycles. The van der Waals surface area contributed by atoms with E-state index < -0.39 is 23.4 Å². The Morgan fingerprint density at radius 1 is 1.10 bits per heavy atom. The third-order valence-electron chi connectivity index (χ3n) is 4.60. The Hall–Kier alpha value is -3.36. The van der Waals surface area contributed by atoms with Crippen molar-refractivity contribution in [1.29, 1.82) is 0 Å². The van der Waals surface area contributed by atoms with Crippen LogP contribution in [-0.2, 0) is 0 Å². The minimum atomic E-state index is -0.807. The van der Waals surface area contributed by atoms with Gasteiger partial charge in [0.25, 0.3) is 5.91 Å². The summed E-state index contributed by atoms with van der Waals surface area (Å²) in [4.78, 5) is 18.3. The number of nitrogens with zero attached hydrogens (tertiary/aromatic N) is 3. The zero-order valence-electron chi connectivity index (χ0n) is 15.1. The predicted molar refractivity (Wildman–Crippen MR) is 95.0 cm³/mol. The minimum Gasteiger partial charge on any atom is -0.422 e. The van der Waals surface area contributed by atoms with Crippen LogP contribution in [0.5, 0.6) is 11.8 Å². The number of halogens is 3. The summed E-state index contributed by atoms with van der Waals surface area (Å²) in [5.74, 6) is -2.28.